The van der Waals surface area contributed by atoms with Crippen LogP contribution in [-0.2, 0) is 10.2 Å². The summed E-state index contributed by atoms with van der Waals surface area (Å²) >= 11 is 0. The summed E-state index contributed by atoms with van der Waals surface area (Å²) in [6.07, 6.45) is 9.71. The van der Waals surface area contributed by atoms with Crippen molar-refractivity contribution in [1.29, 1.82) is 0 Å². The van der Waals surface area contributed by atoms with Crippen molar-refractivity contribution in [3.8, 4) is 11.1 Å². The van der Waals surface area contributed by atoms with Crippen molar-refractivity contribution < 1.29 is 18.0 Å². The second-order valence-electron chi connectivity index (χ2n) is 26.0. The summed E-state index contributed by atoms with van der Waals surface area (Å²) in [5, 5.41) is 0. The minimum atomic E-state index is -1.06. The minimum Gasteiger partial charge on any atom is -0.478 e. The summed E-state index contributed by atoms with van der Waals surface area (Å²) in [6.45, 7) is 0. The normalized spacial score (nSPS) is 15.3. The largest absolute Gasteiger partial charge is 0.478 e. The number of rotatable bonds is 10. The maximum absolute atomic E-state index is 6.48. The topological polar surface area (TPSA) is 74.6 Å². The van der Waals surface area contributed by atoms with E-state index >= 15 is 0 Å². The Labute approximate surface area is 583 Å². The van der Waals surface area contributed by atoms with Gasteiger partial charge < -0.3 is 42.5 Å². The highest BCUT2D eigenvalue weighted by Gasteiger charge is 2.49. The van der Waals surface area contributed by atoms with E-state index in [1.807, 2.05) is 42.7 Å². The molecule has 12 nitrogen and oxygen atoms in total. The van der Waals surface area contributed by atoms with Gasteiger partial charge in [0.2, 0.25) is 17.7 Å². The second-order valence-corrected chi connectivity index (χ2v) is 26.0. The highest BCUT2D eigenvalue weighted by molar-refractivity contribution is 6.07. The van der Waals surface area contributed by atoms with Gasteiger partial charge in [-0.1, -0.05) is 146 Å². The van der Waals surface area contributed by atoms with E-state index in [0.29, 0.717) is 0 Å². The molecule has 21 rings (SSSR count). The average Bonchev–Trinajstić information content (AvgIpc) is 1.58. The van der Waals surface area contributed by atoms with Crippen molar-refractivity contribution in [3.05, 3.63) is 369 Å². The quantitative estimate of drug-likeness (QED) is 0.131. The van der Waals surface area contributed by atoms with Gasteiger partial charge in [0.15, 0.2) is 6.23 Å². The van der Waals surface area contributed by atoms with Crippen LogP contribution in [0.4, 0.5) is 131 Å². The molecule has 0 N–H and O–H groups in total. The van der Waals surface area contributed by atoms with E-state index in [1.165, 1.54) is 0 Å². The average molecular weight is 1310 g/mol. The number of benzene rings is 12. The van der Waals surface area contributed by atoms with Crippen molar-refractivity contribution in [2.45, 2.75) is 18.1 Å². The fourth-order valence-electron chi connectivity index (χ4n) is 16.8. The first-order valence-corrected chi connectivity index (χ1v) is 34.2. The van der Waals surface area contributed by atoms with Crippen molar-refractivity contribution >= 4 is 131 Å². The molecular weight excluding hydrogens is 1250 g/mol. The summed E-state index contributed by atoms with van der Waals surface area (Å²) in [5.74, 6) is 2.16. The van der Waals surface area contributed by atoms with E-state index in [0.717, 1.165) is 171 Å². The lowest BCUT2D eigenvalue weighted by Crippen LogP contribution is -2.35. The first kappa shape index (κ1) is 56.6. The van der Waals surface area contributed by atoms with Gasteiger partial charge in [0.25, 0.3) is 0 Å². The molecule has 12 heteroatoms. The Morgan fingerprint density at radius 2 is 0.515 bits per heavy atom. The van der Waals surface area contributed by atoms with Gasteiger partial charge in [0, 0.05) is 47.4 Å². The molecule has 0 amide bonds. The molecule has 3 aromatic heterocycles. The number of hydrogen-bond donors (Lipinski definition) is 0. The number of hydrogen-bond acceptors (Lipinski definition) is 12. The lowest BCUT2D eigenvalue weighted by molar-refractivity contribution is 0.176. The van der Waals surface area contributed by atoms with Gasteiger partial charge in [0.1, 0.15) is 0 Å². The van der Waals surface area contributed by atoms with Crippen LogP contribution in [0.3, 0.4) is 0 Å². The molecule has 480 valence electrons. The monoisotopic (exact) mass is 1300 g/mol. The summed E-state index contributed by atoms with van der Waals surface area (Å²) in [6, 6.07) is 115. The number of ether oxygens (including phenoxy) is 1. The molecule has 8 heterocycles. The van der Waals surface area contributed by atoms with Crippen LogP contribution in [0.25, 0.3) is 11.1 Å². The number of para-hydroxylation sites is 16. The molecule has 0 fully saturated rings. The molecule has 15 aromatic rings. The third-order valence-electron chi connectivity index (χ3n) is 20.7. The summed E-state index contributed by atoms with van der Waals surface area (Å²) in [4.78, 5) is 19.0. The van der Waals surface area contributed by atoms with Gasteiger partial charge in [-0.2, -0.15) is 0 Å². The predicted molar refractivity (Wildman–Crippen MR) is 405 cm³/mol. The van der Waals surface area contributed by atoms with Crippen LogP contribution in [-0.4, -0.2) is 6.23 Å². The molecule has 1 atom stereocenters. The fraction of sp³-hybridized carbons (Fsp3) is 0.0337. The maximum atomic E-state index is 6.48. The Bertz CT molecular complexity index is 5410. The van der Waals surface area contributed by atoms with Crippen LogP contribution in [0.15, 0.2) is 360 Å². The Morgan fingerprint density at radius 3 is 0.782 bits per heavy atom. The first-order valence-electron chi connectivity index (χ1n) is 34.2. The standard InChI is InChI=1S/C89H60N8O4/c1-3-27-67-65(25-1)66-26-2-4-28-68(66)89(67,59-53-61(90-69-29-5-13-37-77(69)94(85-45-21-49-98-85)78-38-14-6-30-70(78)90)57-62(54-59)91-71-31-7-15-39-79(71)95(86-46-22-50-99-86)80-40-16-8-32-72(80)91)60-55-63(92-73-33-9-17-41-81(73)96(87-47-23-51-100-87)82-42-18-10-34-74(82)92)58-64(56-60)93-75-35-11-19-43-83(75)97(88-48-24-52-101-88)84-44-20-12-36-76(84)93/h1-47,49-58,88H,48H2. The molecule has 0 bridgehead atoms. The minimum absolute atomic E-state index is 0.241. The van der Waals surface area contributed by atoms with Crippen LogP contribution in [0, 0.1) is 0 Å². The molecule has 6 aliphatic rings. The van der Waals surface area contributed by atoms with Crippen LogP contribution >= 0.6 is 0 Å². The molecule has 1 unspecified atom stereocenters. The van der Waals surface area contributed by atoms with Crippen LogP contribution in [0.5, 0.6) is 0 Å². The smallest absolute Gasteiger partial charge is 0.204 e. The number of nitrogens with zero attached hydrogens (tertiary/aromatic N) is 8. The molecule has 0 saturated heterocycles. The van der Waals surface area contributed by atoms with E-state index in [9.17, 15) is 0 Å². The van der Waals surface area contributed by atoms with Gasteiger partial charge in [-0.15, -0.1) is 0 Å². The lowest BCUT2D eigenvalue weighted by atomic mass is 9.67. The summed E-state index contributed by atoms with van der Waals surface area (Å²) < 4.78 is 25.5. The Balaban J connectivity index is 0.896. The summed E-state index contributed by atoms with van der Waals surface area (Å²) in [5.41, 5.74) is 25.4. The zero-order valence-corrected chi connectivity index (χ0v) is 54.4. The van der Waals surface area contributed by atoms with Crippen LogP contribution in [0.2, 0.25) is 0 Å². The summed E-state index contributed by atoms with van der Waals surface area (Å²) in [7, 11) is 0. The first-order chi connectivity index (χ1) is 50.2. The van der Waals surface area contributed by atoms with E-state index in [-0.39, 0.29) is 6.23 Å². The van der Waals surface area contributed by atoms with Gasteiger partial charge >= 0.3 is 0 Å². The highest BCUT2D eigenvalue weighted by Crippen LogP contribution is 2.65. The molecule has 5 aliphatic heterocycles. The van der Waals surface area contributed by atoms with E-state index in [2.05, 4.69) is 324 Å². The molecule has 1 aliphatic carbocycles. The zero-order chi connectivity index (χ0) is 66.3. The van der Waals surface area contributed by atoms with Gasteiger partial charge in [-0.25, -0.2) is 0 Å². The Morgan fingerprint density at radius 1 is 0.257 bits per heavy atom. The van der Waals surface area contributed by atoms with E-state index in [4.69, 9.17) is 18.0 Å². The van der Waals surface area contributed by atoms with Gasteiger partial charge in [-0.05, 0) is 191 Å². The third-order valence-corrected chi connectivity index (χ3v) is 20.7. The van der Waals surface area contributed by atoms with Crippen molar-refractivity contribution in [2.24, 2.45) is 0 Å². The lowest BCUT2D eigenvalue weighted by Gasteiger charge is -2.44. The van der Waals surface area contributed by atoms with E-state index < -0.39 is 5.41 Å². The van der Waals surface area contributed by atoms with Gasteiger partial charge in [-0.3, -0.25) is 14.7 Å². The highest BCUT2D eigenvalue weighted by atomic mass is 16.5. The second kappa shape index (κ2) is 22.2. The number of furan rings is 3. The van der Waals surface area contributed by atoms with Crippen molar-refractivity contribution in [2.75, 3.05) is 39.2 Å². The maximum Gasteiger partial charge on any atom is 0.204 e. The molecule has 12 aromatic carbocycles. The Kier molecular flexibility index (Phi) is 12.5. The zero-order valence-electron chi connectivity index (χ0n) is 54.4. The van der Waals surface area contributed by atoms with Gasteiger partial charge in [0.05, 0.1) is 121 Å². The molecule has 0 spiro atoms. The number of anilines is 23. The molecule has 101 heavy (non-hydrogen) atoms. The molecule has 0 saturated carbocycles. The predicted octanol–water partition coefficient (Wildman–Crippen LogP) is 24.8. The molecular formula is C89H60N8O4. The fourth-order valence-corrected chi connectivity index (χ4v) is 16.8. The number of fused-ring (bicyclic) bond motifs is 11. The Hall–Kier alpha value is -13.6. The van der Waals surface area contributed by atoms with Crippen molar-refractivity contribution in [3.63, 3.8) is 0 Å². The van der Waals surface area contributed by atoms with Crippen molar-refractivity contribution in [1.82, 2.24) is 0 Å². The van der Waals surface area contributed by atoms with Crippen LogP contribution in [0.1, 0.15) is 28.7 Å². The van der Waals surface area contributed by atoms with E-state index in [1.54, 1.807) is 18.8 Å². The SMILES string of the molecule is C1=COC(N2c3ccccc3N(c3cc(N4c5ccccc5N(c5ccco5)c5ccccc54)cc(C4(c5cc(N6c7ccccc7N(c7ccco7)c7ccccc76)cc(N6c7ccccc7N(c7ccco7)c7ccccc76)c5)c5ccccc5-c5ccccc54)c3)c3ccccc32)C1. The van der Waals surface area contributed by atoms with Crippen LogP contribution < -0.4 is 39.2 Å². The molecule has 0 radical (unpaired) electrons. The third kappa shape index (κ3) is 8.30.